The van der Waals surface area contributed by atoms with Crippen LogP contribution >= 0.6 is 11.8 Å². The van der Waals surface area contributed by atoms with Gasteiger partial charge in [-0.1, -0.05) is 38.5 Å². The maximum Gasteiger partial charge on any atom is 0.0793 e. The molecule has 3 fully saturated rings. The number of rotatable bonds is 0. The highest BCUT2D eigenvalue weighted by atomic mass is 32.2. The largest absolute Gasteiger partial charge is 0.240 e. The van der Waals surface area contributed by atoms with Crippen LogP contribution in [-0.2, 0) is 0 Å². The van der Waals surface area contributed by atoms with Gasteiger partial charge in [-0.05, 0) is 25.7 Å². The smallest absolute Gasteiger partial charge is 0.0793 e. The summed E-state index contributed by atoms with van der Waals surface area (Å²) in [4.78, 5) is 0.797. The van der Waals surface area contributed by atoms with Gasteiger partial charge in [-0.15, -0.1) is 11.8 Å². The molecule has 2 saturated carbocycles. The van der Waals surface area contributed by atoms with Crippen LogP contribution in [-0.4, -0.2) is 9.74 Å². The third kappa shape index (κ3) is 1.94. The molecule has 0 aromatic heterocycles. The van der Waals surface area contributed by atoms with Crippen molar-refractivity contribution in [1.29, 1.82) is 0 Å². The van der Waals surface area contributed by atoms with Crippen LogP contribution in [0.2, 0.25) is 0 Å². The Morgan fingerprint density at radius 3 is 1.40 bits per heavy atom. The first-order valence-electron chi connectivity index (χ1n) is 6.57. The third-order valence-corrected chi connectivity index (χ3v) is 6.03. The third-order valence-electron chi connectivity index (χ3n) is 4.23. The second kappa shape index (κ2) is 3.94. The van der Waals surface area contributed by atoms with Crippen LogP contribution in [0.4, 0.5) is 0 Å². The Labute approximate surface area is 96.9 Å². The molecule has 3 aliphatic rings. The molecule has 0 aromatic rings. The molecule has 3 rings (SSSR count). The Morgan fingerprint density at radius 2 is 1.00 bits per heavy atom. The van der Waals surface area contributed by atoms with Crippen LogP contribution in [0.15, 0.2) is 0 Å². The molecule has 0 radical (unpaired) electrons. The molecule has 86 valence electrons. The van der Waals surface area contributed by atoms with Crippen molar-refractivity contribution in [1.82, 2.24) is 10.9 Å². The monoisotopic (exact) mass is 226 g/mol. The molecule has 3 heteroatoms. The van der Waals surface area contributed by atoms with Crippen molar-refractivity contribution in [2.45, 2.75) is 74.0 Å². The molecule has 0 atom stereocenters. The summed E-state index contributed by atoms with van der Waals surface area (Å²) >= 11 is 2.24. The van der Waals surface area contributed by atoms with Gasteiger partial charge in [-0.25, -0.2) is 10.9 Å². The first-order valence-corrected chi connectivity index (χ1v) is 7.39. The molecule has 2 nitrogen and oxygen atoms in total. The summed E-state index contributed by atoms with van der Waals surface area (Å²) in [5, 5.41) is 0. The number of hydrogen-bond acceptors (Lipinski definition) is 3. The van der Waals surface area contributed by atoms with Gasteiger partial charge in [-0.3, -0.25) is 0 Å². The summed E-state index contributed by atoms with van der Waals surface area (Å²) in [6.45, 7) is 0. The number of nitrogens with one attached hydrogen (secondary N) is 2. The lowest BCUT2D eigenvalue weighted by Gasteiger charge is -2.35. The average molecular weight is 226 g/mol. The van der Waals surface area contributed by atoms with E-state index in [-0.39, 0.29) is 0 Å². The van der Waals surface area contributed by atoms with E-state index in [0.29, 0.717) is 9.74 Å². The fraction of sp³-hybridized carbons (Fsp3) is 1.00. The van der Waals surface area contributed by atoms with Crippen molar-refractivity contribution in [2.75, 3.05) is 0 Å². The average Bonchev–Trinajstić information content (AvgIpc) is 2.60. The van der Waals surface area contributed by atoms with Crippen molar-refractivity contribution in [3.63, 3.8) is 0 Å². The molecule has 15 heavy (non-hydrogen) atoms. The lowest BCUT2D eigenvalue weighted by molar-refractivity contribution is 0.273. The minimum atomic E-state index is 0.398. The molecule has 1 saturated heterocycles. The van der Waals surface area contributed by atoms with Gasteiger partial charge in [0.05, 0.1) is 9.74 Å². The Hall–Kier alpha value is 0.270. The molecule has 0 bridgehead atoms. The van der Waals surface area contributed by atoms with Crippen molar-refractivity contribution >= 4 is 11.8 Å². The van der Waals surface area contributed by atoms with Crippen molar-refractivity contribution in [3.8, 4) is 0 Å². The van der Waals surface area contributed by atoms with Gasteiger partial charge in [0.1, 0.15) is 0 Å². The van der Waals surface area contributed by atoms with E-state index in [0.717, 1.165) is 0 Å². The van der Waals surface area contributed by atoms with E-state index in [1.165, 1.54) is 64.2 Å². The summed E-state index contributed by atoms with van der Waals surface area (Å²) in [6.07, 6.45) is 14.0. The van der Waals surface area contributed by atoms with Gasteiger partial charge in [0.25, 0.3) is 0 Å². The Morgan fingerprint density at radius 1 is 0.600 bits per heavy atom. The predicted octanol–water partition coefficient (Wildman–Crippen LogP) is 3.15. The van der Waals surface area contributed by atoms with Crippen LogP contribution in [0.25, 0.3) is 0 Å². The Balaban J connectivity index is 1.70. The van der Waals surface area contributed by atoms with Crippen molar-refractivity contribution < 1.29 is 0 Å². The van der Waals surface area contributed by atoms with Gasteiger partial charge in [0.2, 0.25) is 0 Å². The topological polar surface area (TPSA) is 24.1 Å². The summed E-state index contributed by atoms with van der Waals surface area (Å²) in [5.74, 6) is 0. The molecule has 0 aromatic carbocycles. The summed E-state index contributed by atoms with van der Waals surface area (Å²) in [5.41, 5.74) is 7.29. The normalized spacial score (nSPS) is 33.6. The van der Waals surface area contributed by atoms with Gasteiger partial charge in [0, 0.05) is 0 Å². The minimum Gasteiger partial charge on any atom is -0.240 e. The van der Waals surface area contributed by atoms with E-state index in [4.69, 9.17) is 0 Å². The molecule has 1 aliphatic heterocycles. The molecular weight excluding hydrogens is 204 g/mol. The molecule has 2 aliphatic carbocycles. The molecule has 2 spiro atoms. The zero-order valence-electron chi connectivity index (χ0n) is 9.48. The van der Waals surface area contributed by atoms with Crippen LogP contribution in [0.3, 0.4) is 0 Å². The zero-order chi connectivity index (χ0) is 10.2. The van der Waals surface area contributed by atoms with E-state index in [9.17, 15) is 0 Å². The molecule has 1 heterocycles. The number of hydrazine groups is 1. The van der Waals surface area contributed by atoms with Crippen LogP contribution < -0.4 is 10.9 Å². The minimum absolute atomic E-state index is 0.398. The Kier molecular flexibility index (Phi) is 2.74. The highest BCUT2D eigenvalue weighted by Gasteiger charge is 2.48. The lowest BCUT2D eigenvalue weighted by Crippen LogP contribution is -2.47. The fourth-order valence-corrected chi connectivity index (χ4v) is 5.29. The molecule has 0 amide bonds. The van der Waals surface area contributed by atoms with Crippen LogP contribution in [0.5, 0.6) is 0 Å². The summed E-state index contributed by atoms with van der Waals surface area (Å²) < 4.78 is 0. The van der Waals surface area contributed by atoms with E-state index >= 15 is 0 Å². The first kappa shape index (κ1) is 10.4. The number of hydrogen-bond donors (Lipinski definition) is 2. The van der Waals surface area contributed by atoms with E-state index in [2.05, 4.69) is 22.6 Å². The zero-order valence-corrected chi connectivity index (χ0v) is 10.3. The predicted molar refractivity (Wildman–Crippen MR) is 65.5 cm³/mol. The SMILES string of the molecule is C1CCC2(CC1)NNC1(CCCCC1)S2. The first-order chi connectivity index (χ1) is 7.33. The molecule has 0 unspecified atom stereocenters. The summed E-state index contributed by atoms with van der Waals surface area (Å²) in [6, 6.07) is 0. The highest BCUT2D eigenvalue weighted by Crippen LogP contribution is 2.51. The van der Waals surface area contributed by atoms with Gasteiger partial charge in [0.15, 0.2) is 0 Å². The summed E-state index contributed by atoms with van der Waals surface area (Å²) in [7, 11) is 0. The Bertz CT molecular complexity index is 206. The van der Waals surface area contributed by atoms with Crippen LogP contribution in [0, 0.1) is 0 Å². The van der Waals surface area contributed by atoms with Gasteiger partial charge < -0.3 is 0 Å². The maximum atomic E-state index is 3.65. The van der Waals surface area contributed by atoms with Crippen molar-refractivity contribution in [2.24, 2.45) is 0 Å². The standard InChI is InChI=1S/C12H22N2S/c1-3-7-11(8-4-1)13-14-12(15-11)9-5-2-6-10-12/h13-14H,1-10H2. The van der Waals surface area contributed by atoms with E-state index in [1.807, 2.05) is 0 Å². The fourth-order valence-electron chi connectivity index (χ4n) is 3.35. The lowest BCUT2D eigenvalue weighted by atomic mass is 9.95. The number of thioether (sulfide) groups is 1. The van der Waals surface area contributed by atoms with Crippen LogP contribution in [0.1, 0.15) is 64.2 Å². The van der Waals surface area contributed by atoms with Gasteiger partial charge in [-0.2, -0.15) is 0 Å². The van der Waals surface area contributed by atoms with E-state index < -0.39 is 0 Å². The van der Waals surface area contributed by atoms with Crippen molar-refractivity contribution in [3.05, 3.63) is 0 Å². The van der Waals surface area contributed by atoms with E-state index in [1.54, 1.807) is 0 Å². The maximum absolute atomic E-state index is 3.65. The highest BCUT2D eigenvalue weighted by molar-refractivity contribution is 8.02. The second-order valence-electron chi connectivity index (χ2n) is 5.46. The van der Waals surface area contributed by atoms with Gasteiger partial charge >= 0.3 is 0 Å². The second-order valence-corrected chi connectivity index (χ2v) is 7.23. The molecular formula is C12H22N2S. The molecule has 2 N–H and O–H groups in total. The quantitative estimate of drug-likeness (QED) is 0.663.